The molecule has 1 aromatic carbocycles. The van der Waals surface area contributed by atoms with Gasteiger partial charge in [0.15, 0.2) is 0 Å². The zero-order valence-corrected chi connectivity index (χ0v) is 12.4. The number of rotatable bonds is 5. The van der Waals surface area contributed by atoms with Crippen LogP contribution in [0.15, 0.2) is 29.4 Å². The van der Waals surface area contributed by atoms with Crippen LogP contribution in [-0.2, 0) is 4.79 Å². The average Bonchev–Trinajstić information content (AvgIpc) is 2.91. The van der Waals surface area contributed by atoms with Crippen molar-refractivity contribution in [3.8, 4) is 0 Å². The Kier molecular flexibility index (Phi) is 5.41. The van der Waals surface area contributed by atoms with Crippen molar-refractivity contribution >= 4 is 28.9 Å². The van der Waals surface area contributed by atoms with Crippen LogP contribution in [-0.4, -0.2) is 18.2 Å². The summed E-state index contributed by atoms with van der Waals surface area (Å²) in [7, 11) is 0. The average molecular weight is 294 g/mol. The molecule has 0 saturated heterocycles. The van der Waals surface area contributed by atoms with Crippen LogP contribution in [0, 0.1) is 5.92 Å². The number of nitrogens with zero attached hydrogens (tertiary/aromatic N) is 1. The molecule has 2 rings (SSSR count). The van der Waals surface area contributed by atoms with Gasteiger partial charge in [0.05, 0.1) is 17.3 Å². The Bertz CT molecular complexity index is 502. The summed E-state index contributed by atoms with van der Waals surface area (Å²) in [5.41, 5.74) is 4.50. The number of amides is 1. The number of para-hydroxylation sites is 1. The van der Waals surface area contributed by atoms with Gasteiger partial charge in [0.2, 0.25) is 0 Å². The van der Waals surface area contributed by atoms with Gasteiger partial charge in [-0.15, -0.1) is 0 Å². The Morgan fingerprint density at radius 3 is 3.00 bits per heavy atom. The van der Waals surface area contributed by atoms with E-state index in [-0.39, 0.29) is 12.5 Å². The highest BCUT2D eigenvalue weighted by atomic mass is 35.5. The van der Waals surface area contributed by atoms with Crippen LogP contribution < -0.4 is 10.7 Å². The molecule has 0 aliphatic heterocycles. The molecule has 4 nitrogen and oxygen atoms in total. The van der Waals surface area contributed by atoms with Gasteiger partial charge in [-0.2, -0.15) is 5.10 Å². The van der Waals surface area contributed by atoms with Gasteiger partial charge in [-0.3, -0.25) is 4.79 Å². The molecule has 0 radical (unpaired) electrons. The van der Waals surface area contributed by atoms with Crippen LogP contribution in [0.2, 0.25) is 5.02 Å². The fourth-order valence-electron chi connectivity index (χ4n) is 2.44. The third kappa shape index (κ3) is 3.97. The van der Waals surface area contributed by atoms with E-state index in [1.54, 1.807) is 6.07 Å². The normalized spacial score (nSPS) is 20.1. The molecule has 0 aromatic heterocycles. The summed E-state index contributed by atoms with van der Waals surface area (Å²) in [5.74, 6) is 0.381. The highest BCUT2D eigenvalue weighted by molar-refractivity contribution is 6.33. The van der Waals surface area contributed by atoms with Crippen LogP contribution in [0.3, 0.4) is 0 Å². The first-order valence-corrected chi connectivity index (χ1v) is 7.42. The number of carbonyl (C=O) groups is 1. The van der Waals surface area contributed by atoms with Crippen molar-refractivity contribution in [2.24, 2.45) is 11.0 Å². The number of nitrogens with one attached hydrogen (secondary N) is 2. The second-order valence-corrected chi connectivity index (χ2v) is 5.38. The number of carbonyl (C=O) groups excluding carboxylic acids is 1. The second kappa shape index (κ2) is 7.29. The lowest BCUT2D eigenvalue weighted by molar-refractivity contribution is -0.119. The van der Waals surface area contributed by atoms with E-state index in [1.807, 2.05) is 18.2 Å². The summed E-state index contributed by atoms with van der Waals surface area (Å²) in [6.07, 6.45) is 4.44. The summed E-state index contributed by atoms with van der Waals surface area (Å²) in [4.78, 5) is 11.8. The highest BCUT2D eigenvalue weighted by Crippen LogP contribution is 2.24. The number of anilines is 1. The molecule has 1 saturated carbocycles. The molecule has 0 unspecified atom stereocenters. The van der Waals surface area contributed by atoms with Gasteiger partial charge in [0.25, 0.3) is 5.91 Å². The van der Waals surface area contributed by atoms with Crippen molar-refractivity contribution in [1.29, 1.82) is 0 Å². The third-order valence-electron chi connectivity index (χ3n) is 3.59. The smallest absolute Gasteiger partial charge is 0.259 e. The molecule has 1 aliphatic rings. The van der Waals surface area contributed by atoms with E-state index in [0.29, 0.717) is 10.9 Å². The molecule has 1 atom stereocenters. The fourth-order valence-corrected chi connectivity index (χ4v) is 2.64. The van der Waals surface area contributed by atoms with E-state index >= 15 is 0 Å². The molecule has 108 valence electrons. The van der Waals surface area contributed by atoms with Crippen molar-refractivity contribution < 1.29 is 4.79 Å². The quantitative estimate of drug-likeness (QED) is 0.817. The van der Waals surface area contributed by atoms with Gasteiger partial charge in [0, 0.05) is 5.71 Å². The van der Waals surface area contributed by atoms with Gasteiger partial charge >= 0.3 is 0 Å². The Morgan fingerprint density at radius 2 is 2.25 bits per heavy atom. The lowest BCUT2D eigenvalue weighted by Crippen LogP contribution is -2.27. The molecule has 0 heterocycles. The topological polar surface area (TPSA) is 53.5 Å². The van der Waals surface area contributed by atoms with Crippen LogP contribution in [0.5, 0.6) is 0 Å². The van der Waals surface area contributed by atoms with Gasteiger partial charge in [-0.1, -0.05) is 30.7 Å². The SMILES string of the molecule is CC[C@H]1CCCC1=NNC(=O)CNc1ccccc1Cl. The Morgan fingerprint density at radius 1 is 1.45 bits per heavy atom. The minimum atomic E-state index is -0.154. The third-order valence-corrected chi connectivity index (χ3v) is 3.92. The first kappa shape index (κ1) is 14.9. The molecule has 0 spiro atoms. The summed E-state index contributed by atoms with van der Waals surface area (Å²) < 4.78 is 0. The number of halogens is 1. The molecule has 1 aromatic rings. The van der Waals surface area contributed by atoms with Crippen molar-refractivity contribution in [2.45, 2.75) is 32.6 Å². The van der Waals surface area contributed by atoms with E-state index in [4.69, 9.17) is 11.6 Å². The molecule has 1 amide bonds. The summed E-state index contributed by atoms with van der Waals surface area (Å²) in [5, 5.41) is 7.86. The van der Waals surface area contributed by atoms with Gasteiger partial charge < -0.3 is 5.32 Å². The van der Waals surface area contributed by atoms with E-state index in [0.717, 1.165) is 24.2 Å². The number of hydrogen-bond donors (Lipinski definition) is 2. The summed E-state index contributed by atoms with van der Waals surface area (Å²) in [6, 6.07) is 7.35. The van der Waals surface area contributed by atoms with Gasteiger partial charge in [-0.05, 0) is 43.7 Å². The minimum absolute atomic E-state index is 0.154. The number of hydrogen-bond acceptors (Lipinski definition) is 3. The van der Waals surface area contributed by atoms with Gasteiger partial charge in [0.1, 0.15) is 0 Å². The lowest BCUT2D eigenvalue weighted by atomic mass is 10.0. The van der Waals surface area contributed by atoms with Crippen molar-refractivity contribution in [2.75, 3.05) is 11.9 Å². The van der Waals surface area contributed by atoms with Gasteiger partial charge in [-0.25, -0.2) is 5.43 Å². The fraction of sp³-hybridized carbons (Fsp3) is 0.467. The standard InChI is InChI=1S/C15H20ClN3O/c1-2-11-6-5-9-13(11)18-19-15(20)10-17-14-8-4-3-7-12(14)16/h3-4,7-8,11,17H,2,5-6,9-10H2,1H3,(H,19,20)/t11-/m0/s1. The summed E-state index contributed by atoms with van der Waals surface area (Å²) in [6.45, 7) is 2.32. The monoisotopic (exact) mass is 293 g/mol. The van der Waals surface area contributed by atoms with Crippen molar-refractivity contribution in [3.05, 3.63) is 29.3 Å². The van der Waals surface area contributed by atoms with Crippen LogP contribution in [0.25, 0.3) is 0 Å². The Balaban J connectivity index is 1.81. The van der Waals surface area contributed by atoms with E-state index in [1.165, 1.54) is 12.8 Å². The summed E-state index contributed by atoms with van der Waals surface area (Å²) >= 11 is 6.00. The molecule has 5 heteroatoms. The van der Waals surface area contributed by atoms with Crippen molar-refractivity contribution in [3.63, 3.8) is 0 Å². The Labute approximate surface area is 124 Å². The van der Waals surface area contributed by atoms with Crippen molar-refractivity contribution in [1.82, 2.24) is 5.43 Å². The van der Waals surface area contributed by atoms with Crippen LogP contribution in [0.4, 0.5) is 5.69 Å². The molecule has 1 fully saturated rings. The number of hydrazone groups is 1. The minimum Gasteiger partial charge on any atom is -0.375 e. The zero-order valence-electron chi connectivity index (χ0n) is 11.7. The maximum Gasteiger partial charge on any atom is 0.259 e. The molecular formula is C15H20ClN3O. The van der Waals surface area contributed by atoms with E-state index in [9.17, 15) is 4.79 Å². The van der Waals surface area contributed by atoms with Crippen LogP contribution >= 0.6 is 11.6 Å². The molecule has 1 aliphatic carbocycles. The molecule has 2 N–H and O–H groups in total. The Hall–Kier alpha value is -1.55. The second-order valence-electron chi connectivity index (χ2n) is 4.97. The first-order chi connectivity index (χ1) is 9.70. The maximum absolute atomic E-state index is 11.8. The largest absolute Gasteiger partial charge is 0.375 e. The highest BCUT2D eigenvalue weighted by Gasteiger charge is 2.20. The van der Waals surface area contributed by atoms with E-state index < -0.39 is 0 Å². The zero-order chi connectivity index (χ0) is 14.4. The predicted molar refractivity (Wildman–Crippen MR) is 83.2 cm³/mol. The molecular weight excluding hydrogens is 274 g/mol. The first-order valence-electron chi connectivity index (χ1n) is 7.04. The predicted octanol–water partition coefficient (Wildman–Crippen LogP) is 3.43. The van der Waals surface area contributed by atoms with E-state index in [2.05, 4.69) is 22.8 Å². The molecule has 0 bridgehead atoms. The molecule has 20 heavy (non-hydrogen) atoms. The maximum atomic E-state index is 11.8. The lowest BCUT2D eigenvalue weighted by Gasteiger charge is -2.09. The number of benzene rings is 1. The van der Waals surface area contributed by atoms with Crippen LogP contribution in [0.1, 0.15) is 32.6 Å².